The van der Waals surface area contributed by atoms with Crippen molar-refractivity contribution < 1.29 is 8.78 Å². The van der Waals surface area contributed by atoms with Crippen LogP contribution < -0.4 is 0 Å². The van der Waals surface area contributed by atoms with Gasteiger partial charge in [0.2, 0.25) is 0 Å². The van der Waals surface area contributed by atoms with Crippen molar-refractivity contribution in [3.63, 3.8) is 0 Å². The summed E-state index contributed by atoms with van der Waals surface area (Å²) >= 11 is 0. The molecule has 0 bridgehead atoms. The summed E-state index contributed by atoms with van der Waals surface area (Å²) in [6.07, 6.45) is 0. The molecule has 8 aromatic rings. The van der Waals surface area contributed by atoms with Crippen molar-refractivity contribution in [3.8, 4) is 51.0 Å². The second-order valence-electron chi connectivity index (χ2n) is 15.7. The molecule has 8 rings (SSSR count). The molecule has 6 heteroatoms. The van der Waals surface area contributed by atoms with Gasteiger partial charge in [0.15, 0.2) is 17.5 Å². The lowest BCUT2D eigenvalue weighted by atomic mass is 9.85. The van der Waals surface area contributed by atoms with Gasteiger partial charge in [0.05, 0.1) is 22.3 Å². The van der Waals surface area contributed by atoms with Gasteiger partial charge in [0, 0.05) is 27.5 Å². The predicted octanol–water partition coefficient (Wildman–Crippen LogP) is 12.5. The molecule has 0 aliphatic heterocycles. The highest BCUT2D eigenvalue weighted by Crippen LogP contribution is 2.41. The van der Waals surface area contributed by atoms with Crippen molar-refractivity contribution >= 4 is 21.8 Å². The van der Waals surface area contributed by atoms with Crippen LogP contribution in [0.15, 0.2) is 133 Å². The number of nitrogens with zero attached hydrogens (tertiary/aromatic N) is 4. The van der Waals surface area contributed by atoms with Crippen molar-refractivity contribution in [2.24, 2.45) is 0 Å². The van der Waals surface area contributed by atoms with E-state index in [1.807, 2.05) is 66.7 Å². The first-order valence-corrected chi connectivity index (χ1v) is 17.9. The molecule has 0 unspecified atom stereocenters. The Morgan fingerprint density at radius 2 is 0.925 bits per heavy atom. The second kappa shape index (κ2) is 12.9. The van der Waals surface area contributed by atoms with Gasteiger partial charge in [-0.3, -0.25) is 0 Å². The SMILES string of the molecule is CC(C)(C)c1ccc2c(c1)c1cc(C(C)(C)C)ccc1n2-c1ccc(-c2c(F)cccc2F)cc1-c1nc(-c2ccccc2)nc(-c2ccccc2)n1. The lowest BCUT2D eigenvalue weighted by Gasteiger charge is -2.19. The minimum Gasteiger partial charge on any atom is -0.309 e. The normalized spacial score (nSPS) is 12.2. The molecule has 0 N–H and O–H groups in total. The Bertz CT molecular complexity index is 2500. The van der Waals surface area contributed by atoms with E-state index in [0.29, 0.717) is 28.6 Å². The van der Waals surface area contributed by atoms with Crippen LogP contribution in [0.3, 0.4) is 0 Å². The summed E-state index contributed by atoms with van der Waals surface area (Å²) < 4.78 is 33.1. The van der Waals surface area contributed by atoms with E-state index in [0.717, 1.165) is 38.6 Å². The summed E-state index contributed by atoms with van der Waals surface area (Å²) in [5, 5.41) is 2.25. The average Bonchev–Trinajstić information content (AvgIpc) is 3.47. The molecule has 4 nitrogen and oxygen atoms in total. The van der Waals surface area contributed by atoms with Crippen molar-refractivity contribution in [2.75, 3.05) is 0 Å². The van der Waals surface area contributed by atoms with Gasteiger partial charge in [-0.2, -0.15) is 0 Å². The van der Waals surface area contributed by atoms with Gasteiger partial charge in [0.1, 0.15) is 11.6 Å². The van der Waals surface area contributed by atoms with E-state index in [-0.39, 0.29) is 16.4 Å². The van der Waals surface area contributed by atoms with Gasteiger partial charge >= 0.3 is 0 Å². The summed E-state index contributed by atoms with van der Waals surface area (Å²) in [7, 11) is 0. The number of aromatic nitrogens is 4. The van der Waals surface area contributed by atoms with Gasteiger partial charge in [-0.05, 0) is 76.1 Å². The molecule has 0 radical (unpaired) electrons. The first-order valence-electron chi connectivity index (χ1n) is 17.9. The van der Waals surface area contributed by atoms with E-state index in [9.17, 15) is 0 Å². The molecule has 0 atom stereocenters. The zero-order chi connectivity index (χ0) is 37.1. The molecule has 6 aromatic carbocycles. The Kier molecular flexibility index (Phi) is 8.29. The van der Waals surface area contributed by atoms with E-state index in [1.54, 1.807) is 12.1 Å². The van der Waals surface area contributed by atoms with Gasteiger partial charge in [-0.1, -0.05) is 126 Å². The van der Waals surface area contributed by atoms with Gasteiger partial charge in [-0.25, -0.2) is 23.7 Å². The standard InChI is InChI=1S/C47H40F2N4/c1-46(2,3)32-21-24-39-34(27-32)35-28-33(47(4,5)6)22-25-40(35)53(39)41-23-20-31(42-37(48)18-13-19-38(42)49)26-36(41)45-51-43(29-14-9-7-10-15-29)50-44(52-45)30-16-11-8-12-17-30/h7-28H,1-6H3. The predicted molar refractivity (Wildman–Crippen MR) is 213 cm³/mol. The Hall–Kier alpha value is -6.01. The fraction of sp³-hybridized carbons (Fsp3) is 0.170. The minimum absolute atomic E-state index is 0.0621. The van der Waals surface area contributed by atoms with Crippen LogP contribution >= 0.6 is 0 Å². The summed E-state index contributed by atoms with van der Waals surface area (Å²) in [6.45, 7) is 13.3. The average molecular weight is 699 g/mol. The minimum atomic E-state index is -0.643. The fourth-order valence-electron chi connectivity index (χ4n) is 6.98. The third-order valence-electron chi connectivity index (χ3n) is 9.93. The van der Waals surface area contributed by atoms with Crippen LogP contribution in [0.4, 0.5) is 8.78 Å². The molecule has 0 amide bonds. The van der Waals surface area contributed by atoms with Crippen LogP contribution in [0.1, 0.15) is 52.7 Å². The molecular weight excluding hydrogens is 659 g/mol. The van der Waals surface area contributed by atoms with Gasteiger partial charge < -0.3 is 4.57 Å². The monoisotopic (exact) mass is 698 g/mol. The number of hydrogen-bond donors (Lipinski definition) is 0. The van der Waals surface area contributed by atoms with Crippen LogP contribution in [-0.2, 0) is 10.8 Å². The van der Waals surface area contributed by atoms with E-state index in [1.165, 1.54) is 29.3 Å². The maximum Gasteiger partial charge on any atom is 0.166 e. The topological polar surface area (TPSA) is 43.6 Å². The Morgan fingerprint density at radius 3 is 1.40 bits per heavy atom. The van der Waals surface area contributed by atoms with Crippen LogP contribution in [0.2, 0.25) is 0 Å². The Balaban J connectivity index is 1.48. The molecule has 2 aromatic heterocycles. The third-order valence-corrected chi connectivity index (χ3v) is 9.93. The fourth-order valence-corrected chi connectivity index (χ4v) is 6.98. The molecule has 0 fully saturated rings. The molecule has 53 heavy (non-hydrogen) atoms. The highest BCUT2D eigenvalue weighted by molar-refractivity contribution is 6.10. The van der Waals surface area contributed by atoms with Crippen molar-refractivity contribution in [1.29, 1.82) is 0 Å². The summed E-state index contributed by atoms with van der Waals surface area (Å²) in [5.41, 5.74) is 7.67. The number of benzene rings is 6. The maximum atomic E-state index is 15.4. The maximum absolute atomic E-state index is 15.4. The van der Waals surface area contributed by atoms with E-state index < -0.39 is 11.6 Å². The number of hydrogen-bond acceptors (Lipinski definition) is 3. The first-order chi connectivity index (χ1) is 25.4. The number of rotatable bonds is 5. The quantitative estimate of drug-likeness (QED) is 0.180. The van der Waals surface area contributed by atoms with E-state index in [4.69, 9.17) is 15.0 Å². The first kappa shape index (κ1) is 34.1. The number of halogens is 2. The molecule has 2 heterocycles. The molecule has 0 saturated carbocycles. The smallest absolute Gasteiger partial charge is 0.166 e. The highest BCUT2D eigenvalue weighted by atomic mass is 19.1. The third kappa shape index (κ3) is 6.29. The van der Waals surface area contributed by atoms with Crippen molar-refractivity contribution in [2.45, 2.75) is 52.4 Å². The summed E-state index contributed by atoms with van der Waals surface area (Å²) in [5.74, 6) is 0.0922. The Morgan fingerprint density at radius 1 is 0.453 bits per heavy atom. The van der Waals surface area contributed by atoms with Crippen LogP contribution in [0.5, 0.6) is 0 Å². The Labute approximate surface area is 308 Å². The molecular formula is C47H40F2N4. The van der Waals surface area contributed by atoms with Crippen LogP contribution in [0.25, 0.3) is 72.8 Å². The van der Waals surface area contributed by atoms with E-state index >= 15 is 8.78 Å². The molecule has 0 aliphatic carbocycles. The molecule has 0 aliphatic rings. The zero-order valence-corrected chi connectivity index (χ0v) is 30.7. The molecule has 0 saturated heterocycles. The molecule has 0 spiro atoms. The summed E-state index contributed by atoms with van der Waals surface area (Å²) in [4.78, 5) is 15.1. The van der Waals surface area contributed by atoms with Gasteiger partial charge in [-0.15, -0.1) is 0 Å². The summed E-state index contributed by atoms with van der Waals surface area (Å²) in [6, 6.07) is 42.3. The van der Waals surface area contributed by atoms with Gasteiger partial charge in [0.25, 0.3) is 0 Å². The van der Waals surface area contributed by atoms with E-state index in [2.05, 4.69) is 82.5 Å². The van der Waals surface area contributed by atoms with Crippen LogP contribution in [0, 0.1) is 11.6 Å². The largest absolute Gasteiger partial charge is 0.309 e. The van der Waals surface area contributed by atoms with Crippen molar-refractivity contribution in [3.05, 3.63) is 156 Å². The zero-order valence-electron chi connectivity index (χ0n) is 30.7. The molecule has 262 valence electrons. The number of fused-ring (bicyclic) bond motifs is 3. The highest BCUT2D eigenvalue weighted by Gasteiger charge is 2.24. The lowest BCUT2D eigenvalue weighted by Crippen LogP contribution is -2.10. The van der Waals surface area contributed by atoms with Crippen molar-refractivity contribution in [1.82, 2.24) is 19.5 Å². The second-order valence-corrected chi connectivity index (χ2v) is 15.7. The van der Waals surface area contributed by atoms with Crippen LogP contribution in [-0.4, -0.2) is 19.5 Å². The lowest BCUT2D eigenvalue weighted by molar-refractivity contribution is 0.589.